The predicted molar refractivity (Wildman–Crippen MR) is 74.3 cm³/mol. The molecular formula is C14H16N2OS. The van der Waals surface area contributed by atoms with Crippen molar-refractivity contribution in [3.63, 3.8) is 0 Å². The first-order valence-electron chi connectivity index (χ1n) is 6.57. The van der Waals surface area contributed by atoms with E-state index in [1.807, 2.05) is 0 Å². The lowest BCUT2D eigenvalue weighted by Gasteiger charge is -2.19. The van der Waals surface area contributed by atoms with Crippen LogP contribution in [0.1, 0.15) is 24.8 Å². The van der Waals surface area contributed by atoms with Crippen molar-refractivity contribution in [2.24, 2.45) is 0 Å². The summed E-state index contributed by atoms with van der Waals surface area (Å²) in [5.41, 5.74) is 2.37. The highest BCUT2D eigenvalue weighted by atomic mass is 32.1. The molecule has 0 aliphatic carbocycles. The molecule has 4 heteroatoms. The lowest BCUT2D eigenvalue weighted by molar-refractivity contribution is 0.102. The summed E-state index contributed by atoms with van der Waals surface area (Å²) in [6, 6.07) is 6.91. The third kappa shape index (κ3) is 1.71. The molecular weight excluding hydrogens is 244 g/mol. The Kier molecular flexibility index (Phi) is 2.35. The molecule has 2 saturated heterocycles. The molecule has 2 bridgehead atoms. The lowest BCUT2D eigenvalue weighted by atomic mass is 9.96. The molecule has 2 aromatic rings. The van der Waals surface area contributed by atoms with E-state index in [-0.39, 0.29) is 0 Å². The average molecular weight is 260 g/mol. The molecule has 3 unspecified atom stereocenters. The van der Waals surface area contributed by atoms with Crippen LogP contribution in [0.4, 0.5) is 5.13 Å². The van der Waals surface area contributed by atoms with Gasteiger partial charge in [0.05, 0.1) is 28.5 Å². The fraction of sp³-hybridized carbons (Fsp3) is 0.500. The van der Waals surface area contributed by atoms with Crippen LogP contribution in [0.5, 0.6) is 0 Å². The van der Waals surface area contributed by atoms with E-state index in [0.29, 0.717) is 18.2 Å². The number of rotatable bonds is 2. The molecule has 18 heavy (non-hydrogen) atoms. The van der Waals surface area contributed by atoms with E-state index in [9.17, 15) is 0 Å². The summed E-state index contributed by atoms with van der Waals surface area (Å²) in [4.78, 5) is 4.67. The highest BCUT2D eigenvalue weighted by Gasteiger charge is 2.40. The number of aromatic nitrogens is 1. The fourth-order valence-corrected chi connectivity index (χ4v) is 3.96. The zero-order valence-electron chi connectivity index (χ0n) is 10.3. The molecule has 3 nitrogen and oxygen atoms in total. The van der Waals surface area contributed by atoms with Crippen molar-refractivity contribution in [1.82, 2.24) is 4.98 Å². The van der Waals surface area contributed by atoms with Gasteiger partial charge in [-0.3, -0.25) is 0 Å². The standard InChI is InChI=1S/C14H16N2OS/c1-8-2-5-13-11(6-8)16-14(18-13)15-10-7-9-3-4-12(10)17-9/h2,5-6,9-10,12H,3-4,7H2,1H3,(H,15,16). The van der Waals surface area contributed by atoms with Gasteiger partial charge in [0.25, 0.3) is 0 Å². The van der Waals surface area contributed by atoms with Gasteiger partial charge < -0.3 is 10.1 Å². The van der Waals surface area contributed by atoms with Crippen molar-refractivity contribution in [2.45, 2.75) is 44.4 Å². The second-order valence-corrected chi connectivity index (χ2v) is 6.38. The Balaban J connectivity index is 1.59. The molecule has 2 aliphatic heterocycles. The van der Waals surface area contributed by atoms with Crippen molar-refractivity contribution < 1.29 is 4.74 Å². The van der Waals surface area contributed by atoms with Gasteiger partial charge in [-0.15, -0.1) is 0 Å². The van der Waals surface area contributed by atoms with Gasteiger partial charge in [0, 0.05) is 0 Å². The van der Waals surface area contributed by atoms with Crippen molar-refractivity contribution in [1.29, 1.82) is 0 Å². The van der Waals surface area contributed by atoms with Gasteiger partial charge in [-0.25, -0.2) is 4.98 Å². The minimum atomic E-state index is 0.406. The Bertz CT molecular complexity index is 594. The molecule has 0 saturated carbocycles. The quantitative estimate of drug-likeness (QED) is 0.899. The molecule has 1 N–H and O–H groups in total. The number of hydrogen-bond donors (Lipinski definition) is 1. The zero-order valence-corrected chi connectivity index (χ0v) is 11.2. The second-order valence-electron chi connectivity index (χ2n) is 5.35. The number of anilines is 1. The number of benzene rings is 1. The predicted octanol–water partition coefficient (Wildman–Crippen LogP) is 3.34. The number of hydrogen-bond acceptors (Lipinski definition) is 4. The van der Waals surface area contributed by atoms with Gasteiger partial charge in [0.15, 0.2) is 5.13 Å². The molecule has 1 aromatic carbocycles. The number of aryl methyl sites for hydroxylation is 1. The summed E-state index contributed by atoms with van der Waals surface area (Å²) in [6.45, 7) is 2.11. The molecule has 2 fully saturated rings. The first-order valence-corrected chi connectivity index (χ1v) is 7.39. The Hall–Kier alpha value is -1.13. The first kappa shape index (κ1) is 10.8. The fourth-order valence-electron chi connectivity index (χ4n) is 3.05. The number of ether oxygens (including phenoxy) is 1. The number of fused-ring (bicyclic) bond motifs is 3. The summed E-state index contributed by atoms with van der Waals surface area (Å²) in [5.74, 6) is 0. The molecule has 94 valence electrons. The summed E-state index contributed by atoms with van der Waals surface area (Å²) in [7, 11) is 0. The van der Waals surface area contributed by atoms with Crippen LogP contribution < -0.4 is 5.32 Å². The van der Waals surface area contributed by atoms with E-state index >= 15 is 0 Å². The van der Waals surface area contributed by atoms with Gasteiger partial charge in [0.2, 0.25) is 0 Å². The number of nitrogens with one attached hydrogen (secondary N) is 1. The molecule has 1 aromatic heterocycles. The Morgan fingerprint density at radius 2 is 2.33 bits per heavy atom. The summed E-state index contributed by atoms with van der Waals surface area (Å²) >= 11 is 1.74. The van der Waals surface area contributed by atoms with Crippen LogP contribution in [-0.2, 0) is 4.74 Å². The maximum absolute atomic E-state index is 5.86. The smallest absolute Gasteiger partial charge is 0.184 e. The van der Waals surface area contributed by atoms with Crippen LogP contribution in [0.3, 0.4) is 0 Å². The van der Waals surface area contributed by atoms with Gasteiger partial charge in [0.1, 0.15) is 0 Å². The molecule has 4 rings (SSSR count). The molecule has 0 radical (unpaired) electrons. The maximum Gasteiger partial charge on any atom is 0.184 e. The highest BCUT2D eigenvalue weighted by Crippen LogP contribution is 2.37. The van der Waals surface area contributed by atoms with Crippen molar-refractivity contribution in [3.05, 3.63) is 23.8 Å². The summed E-state index contributed by atoms with van der Waals surface area (Å²) < 4.78 is 7.12. The van der Waals surface area contributed by atoms with Crippen LogP contribution in [0.2, 0.25) is 0 Å². The van der Waals surface area contributed by atoms with Crippen LogP contribution in [0.15, 0.2) is 18.2 Å². The van der Waals surface area contributed by atoms with Crippen LogP contribution in [-0.4, -0.2) is 23.2 Å². The highest BCUT2D eigenvalue weighted by molar-refractivity contribution is 7.22. The maximum atomic E-state index is 5.86. The van der Waals surface area contributed by atoms with Crippen molar-refractivity contribution >= 4 is 26.7 Å². The Labute approximate surface area is 110 Å². The normalized spacial score (nSPS) is 30.2. The van der Waals surface area contributed by atoms with Crippen molar-refractivity contribution in [2.75, 3.05) is 5.32 Å². The largest absolute Gasteiger partial charge is 0.373 e. The Morgan fingerprint density at radius 3 is 3.11 bits per heavy atom. The van der Waals surface area contributed by atoms with Crippen LogP contribution in [0, 0.1) is 6.92 Å². The minimum absolute atomic E-state index is 0.406. The lowest BCUT2D eigenvalue weighted by Crippen LogP contribution is -2.30. The summed E-state index contributed by atoms with van der Waals surface area (Å²) in [5, 5.41) is 4.60. The summed E-state index contributed by atoms with van der Waals surface area (Å²) in [6.07, 6.45) is 4.47. The van der Waals surface area contributed by atoms with Gasteiger partial charge >= 0.3 is 0 Å². The molecule has 3 heterocycles. The van der Waals surface area contributed by atoms with E-state index < -0.39 is 0 Å². The third-order valence-electron chi connectivity index (χ3n) is 3.96. The topological polar surface area (TPSA) is 34.1 Å². The van der Waals surface area contributed by atoms with Gasteiger partial charge in [-0.1, -0.05) is 17.4 Å². The first-order chi connectivity index (χ1) is 8.78. The molecule has 0 spiro atoms. The average Bonchev–Trinajstić information content (AvgIpc) is 3.02. The Morgan fingerprint density at radius 1 is 1.39 bits per heavy atom. The van der Waals surface area contributed by atoms with Crippen LogP contribution >= 0.6 is 11.3 Å². The third-order valence-corrected chi connectivity index (χ3v) is 4.93. The van der Waals surface area contributed by atoms with E-state index in [4.69, 9.17) is 4.74 Å². The van der Waals surface area contributed by atoms with E-state index in [1.54, 1.807) is 11.3 Å². The van der Waals surface area contributed by atoms with E-state index in [1.165, 1.54) is 23.1 Å². The monoisotopic (exact) mass is 260 g/mol. The molecule has 2 aliphatic rings. The van der Waals surface area contributed by atoms with Gasteiger partial charge in [-0.2, -0.15) is 0 Å². The van der Waals surface area contributed by atoms with Crippen molar-refractivity contribution in [3.8, 4) is 0 Å². The zero-order chi connectivity index (χ0) is 12.1. The second kappa shape index (κ2) is 3.93. The number of nitrogens with zero attached hydrogens (tertiary/aromatic N) is 1. The molecule has 0 amide bonds. The minimum Gasteiger partial charge on any atom is -0.373 e. The van der Waals surface area contributed by atoms with E-state index in [0.717, 1.165) is 17.1 Å². The van der Waals surface area contributed by atoms with Crippen LogP contribution in [0.25, 0.3) is 10.2 Å². The SMILES string of the molecule is Cc1ccc2sc(NC3CC4CCC3O4)nc2c1. The molecule has 3 atom stereocenters. The number of thiazole rings is 1. The van der Waals surface area contributed by atoms with E-state index in [2.05, 4.69) is 35.4 Å². The van der Waals surface area contributed by atoms with Gasteiger partial charge in [-0.05, 0) is 43.9 Å².